The van der Waals surface area contributed by atoms with Crippen molar-refractivity contribution in [3.63, 3.8) is 0 Å². The predicted molar refractivity (Wildman–Crippen MR) is 145 cm³/mol. The van der Waals surface area contributed by atoms with Crippen LogP contribution in [0.15, 0.2) is 30.3 Å². The van der Waals surface area contributed by atoms with Gasteiger partial charge in [-0.25, -0.2) is 0 Å². The van der Waals surface area contributed by atoms with Crippen LogP contribution in [0.2, 0.25) is 0 Å². The monoisotopic (exact) mass is 581 g/mol. The number of rotatable bonds is 17. The summed E-state index contributed by atoms with van der Waals surface area (Å²) in [6, 6.07) is 6.98. The topological polar surface area (TPSA) is 127 Å². The summed E-state index contributed by atoms with van der Waals surface area (Å²) in [6.45, 7) is 3.81. The average Bonchev–Trinajstić information content (AvgIpc) is 3.68. The maximum absolute atomic E-state index is 13.5. The molecule has 3 rings (SSSR count). The second-order valence-corrected chi connectivity index (χ2v) is 11.2. The minimum absolute atomic E-state index is 0.0118. The lowest BCUT2D eigenvalue weighted by atomic mass is 9.88. The van der Waals surface area contributed by atoms with Crippen LogP contribution in [0.5, 0.6) is 0 Å². The van der Waals surface area contributed by atoms with Gasteiger partial charge in [0.15, 0.2) is 11.6 Å². The number of halogens is 2. The van der Waals surface area contributed by atoms with Gasteiger partial charge in [0.2, 0.25) is 11.8 Å². The van der Waals surface area contributed by atoms with Gasteiger partial charge in [-0.15, -0.1) is 0 Å². The van der Waals surface area contributed by atoms with Gasteiger partial charge in [0.25, 0.3) is 0 Å². The van der Waals surface area contributed by atoms with Gasteiger partial charge in [-0.05, 0) is 31.2 Å². The van der Waals surface area contributed by atoms with Crippen LogP contribution in [0.25, 0.3) is 0 Å². The van der Waals surface area contributed by atoms with Crippen molar-refractivity contribution in [2.75, 3.05) is 46.1 Å². The summed E-state index contributed by atoms with van der Waals surface area (Å²) >= 11 is 0. The van der Waals surface area contributed by atoms with E-state index in [1.165, 1.54) is 0 Å². The molecular formula is C29H41F2N3O7. The molecule has 0 spiro atoms. The smallest absolute Gasteiger partial charge is 0.345 e. The Morgan fingerprint density at radius 3 is 2.29 bits per heavy atom. The Hall–Kier alpha value is -2.80. The van der Waals surface area contributed by atoms with E-state index in [2.05, 4.69) is 15.4 Å². The van der Waals surface area contributed by atoms with Gasteiger partial charge >= 0.3 is 6.61 Å². The van der Waals surface area contributed by atoms with Crippen molar-refractivity contribution in [2.24, 2.45) is 11.8 Å². The average molecular weight is 582 g/mol. The molecular weight excluding hydrogens is 540 g/mol. The third-order valence-corrected chi connectivity index (χ3v) is 7.17. The van der Waals surface area contributed by atoms with E-state index in [1.54, 1.807) is 6.92 Å². The molecule has 41 heavy (non-hydrogen) atoms. The molecule has 228 valence electrons. The molecule has 10 nitrogen and oxygen atoms in total. The number of nitrogens with one attached hydrogen (secondary N) is 2. The Bertz CT molecular complexity index is 1030. The number of amides is 2. The molecule has 0 aromatic heterocycles. The van der Waals surface area contributed by atoms with Gasteiger partial charge in [0.05, 0.1) is 39.0 Å². The molecule has 4 atom stereocenters. The number of hydrogen-bond donors (Lipinski definition) is 2. The first-order valence-corrected chi connectivity index (χ1v) is 14.0. The first-order chi connectivity index (χ1) is 19.5. The zero-order chi connectivity index (χ0) is 30.0. The van der Waals surface area contributed by atoms with E-state index in [0.717, 1.165) is 5.56 Å². The number of Topliss-reactive ketones (excluding diaryl/α,β-unsaturated/α-hetero) is 2. The number of ether oxygens (including phenoxy) is 3. The molecule has 2 N–H and O–H groups in total. The number of carbonyl (C=O) groups excluding carboxylic acids is 4. The Kier molecular flexibility index (Phi) is 12.3. The zero-order valence-corrected chi connectivity index (χ0v) is 23.9. The Morgan fingerprint density at radius 2 is 1.71 bits per heavy atom. The van der Waals surface area contributed by atoms with E-state index in [0.29, 0.717) is 32.7 Å². The third-order valence-electron chi connectivity index (χ3n) is 7.17. The SMILES string of the molecule is CC(C)C[C@H](CC(=O)[C@H](COC(F)F)NC(=O)CN1CCOCC1)C(=O)N[C@@H](Cc1ccccc1)C(=O)[C@@]1(C)CO1. The lowest BCUT2D eigenvalue weighted by molar-refractivity contribution is -0.148. The highest BCUT2D eigenvalue weighted by Gasteiger charge is 2.50. The summed E-state index contributed by atoms with van der Waals surface area (Å²) in [4.78, 5) is 54.5. The fourth-order valence-corrected chi connectivity index (χ4v) is 4.79. The predicted octanol–water partition coefficient (Wildman–Crippen LogP) is 1.75. The molecule has 0 unspecified atom stereocenters. The standard InChI is InChI=1S/C29H41F2N3O7/c1-19(2)13-21(27(38)33-22(26(37)29(3)18-41-29)14-20-7-5-4-6-8-20)15-24(35)23(17-40-28(30)31)32-25(36)16-34-9-11-39-12-10-34/h4-8,19,21-23,28H,9-18H2,1-3H3,(H,32,36)(H,33,38)/t21-,22+,23+,29-/m1/s1. The van der Waals surface area contributed by atoms with Gasteiger partial charge in [-0.2, -0.15) is 8.78 Å². The fraction of sp³-hybridized carbons (Fsp3) is 0.655. The van der Waals surface area contributed by atoms with Crippen molar-refractivity contribution in [1.29, 1.82) is 0 Å². The summed E-state index contributed by atoms with van der Waals surface area (Å²) in [6.07, 6.45) is 0.232. The maximum atomic E-state index is 13.5. The number of epoxide rings is 1. The summed E-state index contributed by atoms with van der Waals surface area (Å²) in [7, 11) is 0. The van der Waals surface area contributed by atoms with Crippen molar-refractivity contribution in [3.8, 4) is 0 Å². The molecule has 12 heteroatoms. The van der Waals surface area contributed by atoms with Crippen molar-refractivity contribution < 1.29 is 42.2 Å². The van der Waals surface area contributed by atoms with E-state index in [4.69, 9.17) is 9.47 Å². The van der Waals surface area contributed by atoms with Crippen molar-refractivity contribution in [2.45, 2.75) is 64.3 Å². The summed E-state index contributed by atoms with van der Waals surface area (Å²) < 4.78 is 40.7. The van der Waals surface area contributed by atoms with Gasteiger partial charge in [0, 0.05) is 25.4 Å². The van der Waals surface area contributed by atoms with E-state index < -0.39 is 54.4 Å². The van der Waals surface area contributed by atoms with E-state index in [9.17, 15) is 28.0 Å². The first kappa shape index (κ1) is 32.7. The highest BCUT2D eigenvalue weighted by Crippen LogP contribution is 2.29. The van der Waals surface area contributed by atoms with Crippen LogP contribution in [-0.2, 0) is 39.8 Å². The Balaban J connectivity index is 1.71. The number of benzene rings is 1. The molecule has 2 saturated heterocycles. The normalized spacial score (nSPS) is 21.2. The van der Waals surface area contributed by atoms with Crippen LogP contribution in [-0.4, -0.2) is 98.6 Å². The van der Waals surface area contributed by atoms with E-state index >= 15 is 0 Å². The number of hydrogen-bond acceptors (Lipinski definition) is 8. The number of nitrogens with zero attached hydrogens (tertiary/aromatic N) is 1. The number of ketones is 2. The lowest BCUT2D eigenvalue weighted by Gasteiger charge is -2.27. The molecule has 1 aromatic carbocycles. The van der Waals surface area contributed by atoms with E-state index in [1.807, 2.05) is 49.1 Å². The van der Waals surface area contributed by atoms with Crippen molar-refractivity contribution in [1.82, 2.24) is 15.5 Å². The van der Waals surface area contributed by atoms with Crippen LogP contribution in [0.1, 0.15) is 39.2 Å². The molecule has 0 radical (unpaired) electrons. The minimum Gasteiger partial charge on any atom is -0.379 e. The molecule has 0 aliphatic carbocycles. The van der Waals surface area contributed by atoms with Crippen LogP contribution >= 0.6 is 0 Å². The quantitative estimate of drug-likeness (QED) is 0.267. The third kappa shape index (κ3) is 10.8. The first-order valence-electron chi connectivity index (χ1n) is 14.0. The van der Waals surface area contributed by atoms with E-state index in [-0.39, 0.29) is 37.7 Å². The summed E-state index contributed by atoms with van der Waals surface area (Å²) in [5, 5.41) is 5.33. The highest BCUT2D eigenvalue weighted by molar-refractivity contribution is 5.98. The number of carbonyl (C=O) groups is 4. The molecule has 0 bridgehead atoms. The van der Waals surface area contributed by atoms with Crippen molar-refractivity contribution >= 4 is 23.4 Å². The minimum atomic E-state index is -3.13. The zero-order valence-electron chi connectivity index (χ0n) is 23.9. The Morgan fingerprint density at radius 1 is 1.05 bits per heavy atom. The highest BCUT2D eigenvalue weighted by atomic mass is 19.3. The molecule has 2 fully saturated rings. The Labute approximate surface area is 239 Å². The van der Waals surface area contributed by atoms with Crippen LogP contribution < -0.4 is 10.6 Å². The molecule has 2 amide bonds. The van der Waals surface area contributed by atoms with Gasteiger partial charge < -0.3 is 24.8 Å². The number of morpholine rings is 1. The van der Waals surface area contributed by atoms with Crippen LogP contribution in [0.3, 0.4) is 0 Å². The number of alkyl halides is 2. The van der Waals surface area contributed by atoms with Crippen molar-refractivity contribution in [3.05, 3.63) is 35.9 Å². The second kappa shape index (κ2) is 15.4. The summed E-state index contributed by atoms with van der Waals surface area (Å²) in [5.41, 5.74) is -0.127. The van der Waals surface area contributed by atoms with Gasteiger partial charge in [-0.3, -0.25) is 24.1 Å². The summed E-state index contributed by atoms with van der Waals surface area (Å²) in [5.74, 6) is -2.73. The molecule has 2 heterocycles. The van der Waals surface area contributed by atoms with Gasteiger partial charge in [0.1, 0.15) is 11.6 Å². The molecule has 1 aromatic rings. The lowest BCUT2D eigenvalue weighted by Crippen LogP contribution is -2.51. The van der Waals surface area contributed by atoms with Gasteiger partial charge in [-0.1, -0.05) is 44.2 Å². The molecule has 2 aliphatic heterocycles. The van der Waals surface area contributed by atoms with Crippen LogP contribution in [0.4, 0.5) is 8.78 Å². The fourth-order valence-electron chi connectivity index (χ4n) is 4.79. The largest absolute Gasteiger partial charge is 0.379 e. The maximum Gasteiger partial charge on any atom is 0.345 e. The second-order valence-electron chi connectivity index (χ2n) is 11.2. The molecule has 0 saturated carbocycles. The van der Waals surface area contributed by atoms with Crippen LogP contribution in [0, 0.1) is 11.8 Å². The molecule has 2 aliphatic rings.